The van der Waals surface area contributed by atoms with Gasteiger partial charge in [0.25, 0.3) is 0 Å². The smallest absolute Gasteiger partial charge is 0.153 e. The van der Waals surface area contributed by atoms with E-state index in [0.717, 1.165) is 28.4 Å². The Morgan fingerprint density at radius 1 is 1.53 bits per heavy atom. The van der Waals surface area contributed by atoms with E-state index < -0.39 is 0 Å². The molecule has 0 fully saturated rings. The lowest BCUT2D eigenvalue weighted by atomic mass is 10.1. The number of nitrogens with zero attached hydrogens (tertiary/aromatic N) is 3. The van der Waals surface area contributed by atoms with E-state index in [1.165, 1.54) is 0 Å². The largest absolute Gasteiger partial charge is 0.464 e. The standard InChI is InChI=1S/C11H15BrN4O/c1-4-13-9(8-6-5-7(2)17-8)10-11(12)14-15-16(10)3/h5-6,9,13H,4H2,1-3H3. The van der Waals surface area contributed by atoms with Gasteiger partial charge in [0.05, 0.1) is 5.69 Å². The number of hydrogen-bond acceptors (Lipinski definition) is 4. The summed E-state index contributed by atoms with van der Waals surface area (Å²) in [7, 11) is 1.87. The molecular weight excluding hydrogens is 284 g/mol. The molecule has 5 nitrogen and oxygen atoms in total. The summed E-state index contributed by atoms with van der Waals surface area (Å²) < 4.78 is 8.16. The summed E-state index contributed by atoms with van der Waals surface area (Å²) in [5.41, 5.74) is 0.959. The van der Waals surface area contributed by atoms with Gasteiger partial charge in [0.2, 0.25) is 0 Å². The van der Waals surface area contributed by atoms with Gasteiger partial charge < -0.3 is 9.73 Å². The Hall–Kier alpha value is -1.14. The first kappa shape index (κ1) is 12.3. The number of furan rings is 1. The quantitative estimate of drug-likeness (QED) is 0.940. The van der Waals surface area contributed by atoms with Crippen LogP contribution in [-0.4, -0.2) is 21.5 Å². The molecule has 0 bridgehead atoms. The predicted octanol–water partition coefficient (Wildman–Crippen LogP) is 2.18. The molecule has 0 amide bonds. The molecule has 0 aliphatic heterocycles. The van der Waals surface area contributed by atoms with Crippen LogP contribution < -0.4 is 5.32 Å². The van der Waals surface area contributed by atoms with Gasteiger partial charge in [-0.15, -0.1) is 5.10 Å². The first-order valence-electron chi connectivity index (χ1n) is 5.48. The molecule has 2 aromatic heterocycles. The summed E-state index contributed by atoms with van der Waals surface area (Å²) in [5.74, 6) is 1.77. The molecule has 1 unspecified atom stereocenters. The van der Waals surface area contributed by atoms with Crippen molar-refractivity contribution >= 4 is 15.9 Å². The van der Waals surface area contributed by atoms with Crippen LogP contribution in [0.5, 0.6) is 0 Å². The molecule has 0 radical (unpaired) electrons. The normalized spacial score (nSPS) is 12.9. The number of hydrogen-bond donors (Lipinski definition) is 1. The van der Waals surface area contributed by atoms with Gasteiger partial charge in [-0.3, -0.25) is 0 Å². The predicted molar refractivity (Wildman–Crippen MR) is 67.7 cm³/mol. The van der Waals surface area contributed by atoms with Gasteiger partial charge in [0, 0.05) is 7.05 Å². The van der Waals surface area contributed by atoms with Gasteiger partial charge in [-0.05, 0) is 41.5 Å². The second-order valence-corrected chi connectivity index (χ2v) is 4.58. The Labute approximate surface area is 108 Å². The topological polar surface area (TPSA) is 55.9 Å². The third-order valence-corrected chi connectivity index (χ3v) is 3.12. The fourth-order valence-electron chi connectivity index (χ4n) is 1.79. The highest BCUT2D eigenvalue weighted by Crippen LogP contribution is 2.27. The minimum Gasteiger partial charge on any atom is -0.464 e. The minimum absolute atomic E-state index is 0.0388. The molecular formula is C11H15BrN4O. The van der Waals surface area contributed by atoms with Crippen LogP contribution in [0.4, 0.5) is 0 Å². The van der Waals surface area contributed by atoms with Crippen molar-refractivity contribution in [2.75, 3.05) is 6.54 Å². The SMILES string of the molecule is CCNC(c1ccc(C)o1)c1c(Br)nnn1C. The Balaban J connectivity index is 2.42. The van der Waals surface area contributed by atoms with Gasteiger partial charge >= 0.3 is 0 Å². The van der Waals surface area contributed by atoms with Crippen molar-refractivity contribution in [1.29, 1.82) is 0 Å². The van der Waals surface area contributed by atoms with E-state index in [2.05, 4.69) is 38.5 Å². The minimum atomic E-state index is -0.0388. The molecule has 6 heteroatoms. The van der Waals surface area contributed by atoms with Crippen LogP contribution in [0.15, 0.2) is 21.2 Å². The third-order valence-electron chi connectivity index (χ3n) is 2.55. The van der Waals surface area contributed by atoms with Crippen molar-refractivity contribution in [3.8, 4) is 0 Å². The zero-order chi connectivity index (χ0) is 12.4. The van der Waals surface area contributed by atoms with Crippen LogP contribution >= 0.6 is 15.9 Å². The lowest BCUT2D eigenvalue weighted by Crippen LogP contribution is -2.24. The van der Waals surface area contributed by atoms with E-state index >= 15 is 0 Å². The molecule has 0 saturated carbocycles. The summed E-state index contributed by atoms with van der Waals surface area (Å²) in [6.45, 7) is 4.82. The molecule has 2 aromatic rings. The van der Waals surface area contributed by atoms with Crippen molar-refractivity contribution in [2.24, 2.45) is 7.05 Å². The summed E-state index contributed by atoms with van der Waals surface area (Å²) >= 11 is 3.42. The van der Waals surface area contributed by atoms with Crippen LogP contribution in [0.3, 0.4) is 0 Å². The second kappa shape index (κ2) is 5.01. The lowest BCUT2D eigenvalue weighted by molar-refractivity contribution is 0.422. The van der Waals surface area contributed by atoms with E-state index in [4.69, 9.17) is 4.42 Å². The molecule has 17 heavy (non-hydrogen) atoms. The number of aromatic nitrogens is 3. The molecule has 0 aromatic carbocycles. The maximum Gasteiger partial charge on any atom is 0.153 e. The average molecular weight is 299 g/mol. The van der Waals surface area contributed by atoms with Crippen LogP contribution in [0.1, 0.15) is 30.2 Å². The third kappa shape index (κ3) is 2.42. The van der Waals surface area contributed by atoms with E-state index in [1.54, 1.807) is 4.68 Å². The first-order valence-corrected chi connectivity index (χ1v) is 6.27. The second-order valence-electron chi connectivity index (χ2n) is 3.83. The molecule has 0 spiro atoms. The van der Waals surface area contributed by atoms with Gasteiger partial charge in [0.1, 0.15) is 17.6 Å². The maximum atomic E-state index is 5.68. The number of aryl methyl sites for hydroxylation is 2. The fraction of sp³-hybridized carbons (Fsp3) is 0.455. The molecule has 2 heterocycles. The van der Waals surface area contributed by atoms with Gasteiger partial charge in [-0.1, -0.05) is 12.1 Å². The van der Waals surface area contributed by atoms with Gasteiger partial charge in [0.15, 0.2) is 4.60 Å². The summed E-state index contributed by atoms with van der Waals surface area (Å²) in [4.78, 5) is 0. The van der Waals surface area contributed by atoms with Crippen LogP contribution in [0, 0.1) is 6.92 Å². The number of halogens is 1. The van der Waals surface area contributed by atoms with Crippen LogP contribution in [0.25, 0.3) is 0 Å². The number of nitrogens with one attached hydrogen (secondary N) is 1. The molecule has 2 rings (SSSR count). The molecule has 0 aliphatic rings. The average Bonchev–Trinajstić information content (AvgIpc) is 2.84. The molecule has 92 valence electrons. The summed E-state index contributed by atoms with van der Waals surface area (Å²) in [6, 6.07) is 3.89. The highest BCUT2D eigenvalue weighted by atomic mass is 79.9. The lowest BCUT2D eigenvalue weighted by Gasteiger charge is -2.15. The summed E-state index contributed by atoms with van der Waals surface area (Å²) in [6.07, 6.45) is 0. The zero-order valence-electron chi connectivity index (χ0n) is 10.1. The van der Waals surface area contributed by atoms with Gasteiger partial charge in [-0.2, -0.15) is 0 Å². The van der Waals surface area contributed by atoms with Crippen molar-refractivity contribution in [2.45, 2.75) is 19.9 Å². The van der Waals surface area contributed by atoms with E-state index in [0.29, 0.717) is 0 Å². The highest BCUT2D eigenvalue weighted by molar-refractivity contribution is 9.10. The monoisotopic (exact) mass is 298 g/mol. The van der Waals surface area contributed by atoms with Crippen LogP contribution in [-0.2, 0) is 7.05 Å². The fourth-order valence-corrected chi connectivity index (χ4v) is 2.35. The van der Waals surface area contributed by atoms with Crippen molar-refractivity contribution in [3.63, 3.8) is 0 Å². The maximum absolute atomic E-state index is 5.68. The Morgan fingerprint density at radius 3 is 2.76 bits per heavy atom. The Bertz CT molecular complexity index is 486. The first-order chi connectivity index (χ1) is 8.13. The van der Waals surface area contributed by atoms with Crippen molar-refractivity contribution in [3.05, 3.63) is 34.0 Å². The zero-order valence-corrected chi connectivity index (χ0v) is 11.7. The van der Waals surface area contributed by atoms with Crippen molar-refractivity contribution in [1.82, 2.24) is 20.3 Å². The molecule has 0 aliphatic carbocycles. The van der Waals surface area contributed by atoms with E-state index in [-0.39, 0.29) is 6.04 Å². The van der Waals surface area contributed by atoms with E-state index in [9.17, 15) is 0 Å². The Kier molecular flexibility index (Phi) is 3.63. The van der Waals surface area contributed by atoms with Crippen molar-refractivity contribution < 1.29 is 4.42 Å². The summed E-state index contributed by atoms with van der Waals surface area (Å²) in [5, 5.41) is 11.4. The highest BCUT2D eigenvalue weighted by Gasteiger charge is 2.23. The number of rotatable bonds is 4. The molecule has 1 N–H and O–H groups in total. The van der Waals surface area contributed by atoms with Gasteiger partial charge in [-0.25, -0.2) is 4.68 Å². The molecule has 1 atom stereocenters. The van der Waals surface area contributed by atoms with Crippen LogP contribution in [0.2, 0.25) is 0 Å². The van der Waals surface area contributed by atoms with E-state index in [1.807, 2.05) is 26.1 Å². The Morgan fingerprint density at radius 2 is 2.29 bits per heavy atom. The molecule has 0 saturated heterocycles.